The van der Waals surface area contributed by atoms with Crippen molar-refractivity contribution in [3.05, 3.63) is 72.3 Å². The average Bonchev–Trinajstić information content (AvgIpc) is 3.21. The van der Waals surface area contributed by atoms with E-state index < -0.39 is 17.6 Å². The second kappa shape index (κ2) is 10.8. The number of aliphatic hydroxyl groups excluding tert-OH is 1. The number of carbonyl (C=O) groups is 1. The van der Waals surface area contributed by atoms with Crippen molar-refractivity contribution >= 4 is 11.8 Å². The lowest BCUT2D eigenvalue weighted by Gasteiger charge is -2.29. The molecule has 2 N–H and O–H groups in total. The first kappa shape index (κ1) is 23.3. The molecule has 2 aromatic rings. The lowest BCUT2D eigenvalue weighted by molar-refractivity contribution is -0.139. The minimum Gasteiger partial charge on any atom is -0.497 e. The van der Waals surface area contributed by atoms with Gasteiger partial charge in [-0.05, 0) is 42.0 Å². The van der Waals surface area contributed by atoms with Crippen molar-refractivity contribution in [2.45, 2.75) is 24.5 Å². The molecule has 0 fully saturated rings. The smallest absolute Gasteiger partial charge is 0.276 e. The number of nitrogens with zero attached hydrogens (tertiary/aromatic N) is 1. The molecule has 0 radical (unpaired) electrons. The van der Waals surface area contributed by atoms with E-state index in [9.17, 15) is 4.79 Å². The van der Waals surface area contributed by atoms with E-state index in [0.29, 0.717) is 36.0 Å². The zero-order valence-corrected chi connectivity index (χ0v) is 18.2. The maximum absolute atomic E-state index is 13.1. The molecule has 8 nitrogen and oxygen atoms in total. The van der Waals surface area contributed by atoms with Crippen molar-refractivity contribution in [3.8, 4) is 11.5 Å². The molecule has 1 aliphatic rings. The van der Waals surface area contributed by atoms with Gasteiger partial charge in [-0.3, -0.25) is 9.63 Å². The van der Waals surface area contributed by atoms with Crippen LogP contribution in [-0.4, -0.2) is 49.9 Å². The van der Waals surface area contributed by atoms with Crippen LogP contribution in [0.5, 0.6) is 11.5 Å². The van der Waals surface area contributed by atoms with Gasteiger partial charge in [0.15, 0.2) is 11.6 Å². The lowest BCUT2D eigenvalue weighted by atomic mass is 9.84. The number of nitrogens with one attached hydrogen (secondary N) is 1. The fraction of sp³-hybridized carbons (Fsp3) is 0.333. The first-order valence-electron chi connectivity index (χ1n) is 10.3. The van der Waals surface area contributed by atoms with Gasteiger partial charge in [0.25, 0.3) is 5.91 Å². The van der Waals surface area contributed by atoms with Gasteiger partial charge in [0.05, 0.1) is 20.8 Å². The van der Waals surface area contributed by atoms with Gasteiger partial charge in [0.2, 0.25) is 5.90 Å². The number of amides is 1. The summed E-state index contributed by atoms with van der Waals surface area (Å²) in [6, 6.07) is 14.5. The normalized spacial score (nSPS) is 19.6. The molecule has 32 heavy (non-hydrogen) atoms. The summed E-state index contributed by atoms with van der Waals surface area (Å²) < 4.78 is 17.2. The number of hydroxylamine groups is 1. The van der Waals surface area contributed by atoms with E-state index in [1.807, 2.05) is 36.4 Å². The summed E-state index contributed by atoms with van der Waals surface area (Å²) in [6.07, 6.45) is 1.70. The van der Waals surface area contributed by atoms with E-state index in [4.69, 9.17) is 29.1 Å². The molecule has 170 valence electrons. The van der Waals surface area contributed by atoms with Gasteiger partial charge < -0.3 is 19.3 Å². The van der Waals surface area contributed by atoms with E-state index in [1.165, 1.54) is 7.11 Å². The van der Waals surface area contributed by atoms with Gasteiger partial charge >= 0.3 is 0 Å². The summed E-state index contributed by atoms with van der Waals surface area (Å²) in [5, 5.41) is 8.89. The number of methoxy groups -OCH3 is 1. The van der Waals surface area contributed by atoms with Crippen LogP contribution in [0.1, 0.15) is 30.1 Å². The number of hydrogen-bond acceptors (Lipinski definition) is 7. The molecule has 0 spiro atoms. The zero-order valence-electron chi connectivity index (χ0n) is 18.2. The maximum Gasteiger partial charge on any atom is 0.276 e. The Balaban J connectivity index is 1.98. The third-order valence-corrected chi connectivity index (χ3v) is 5.08. The molecule has 1 heterocycles. The summed E-state index contributed by atoms with van der Waals surface area (Å²) in [7, 11) is 2.95. The first-order valence-corrected chi connectivity index (χ1v) is 10.3. The van der Waals surface area contributed by atoms with Gasteiger partial charge in [-0.15, -0.1) is 6.58 Å². The standard InChI is InChI=1S/C24H28N2O6/c1-4-13-24(23(28)26-30-3)21(18-7-5-8-20(16-18)29-2)32-22(25-24)17-9-11-19(12-10-17)31-15-6-14-27/h4-5,7-12,16,21,27H,1,6,13-15H2,2-3H3,(H,26,28)/t21-,24-/m0/s1. The summed E-state index contributed by atoms with van der Waals surface area (Å²) >= 11 is 0. The number of ether oxygens (including phenoxy) is 3. The number of hydrogen-bond donors (Lipinski definition) is 2. The zero-order chi connectivity index (χ0) is 23.0. The Bertz CT molecular complexity index is 959. The molecular weight excluding hydrogens is 412 g/mol. The van der Waals surface area contributed by atoms with Gasteiger partial charge in [-0.25, -0.2) is 10.5 Å². The largest absolute Gasteiger partial charge is 0.497 e. The molecule has 0 unspecified atom stereocenters. The predicted molar refractivity (Wildman–Crippen MR) is 120 cm³/mol. The second-order valence-corrected chi connectivity index (χ2v) is 7.19. The van der Waals surface area contributed by atoms with Crippen LogP contribution in [0.2, 0.25) is 0 Å². The highest BCUT2D eigenvalue weighted by Crippen LogP contribution is 2.43. The Morgan fingerprint density at radius 2 is 2.03 bits per heavy atom. The molecular formula is C24H28N2O6. The molecule has 0 saturated heterocycles. The average molecular weight is 440 g/mol. The van der Waals surface area contributed by atoms with Crippen LogP contribution in [0.15, 0.2) is 66.2 Å². The van der Waals surface area contributed by atoms with Crippen LogP contribution >= 0.6 is 0 Å². The summed E-state index contributed by atoms with van der Waals surface area (Å²) in [5.74, 6) is 1.20. The molecule has 3 rings (SSSR count). The number of aliphatic imine (C=N–C) groups is 1. The van der Waals surface area contributed by atoms with Crippen LogP contribution in [-0.2, 0) is 14.4 Å². The summed E-state index contributed by atoms with van der Waals surface area (Å²) in [4.78, 5) is 22.8. The highest BCUT2D eigenvalue weighted by Gasteiger charge is 2.52. The topological polar surface area (TPSA) is 98.6 Å². The lowest BCUT2D eigenvalue weighted by Crippen LogP contribution is -2.47. The fourth-order valence-corrected chi connectivity index (χ4v) is 3.52. The van der Waals surface area contributed by atoms with E-state index in [1.54, 1.807) is 25.3 Å². The number of benzene rings is 2. The number of carbonyl (C=O) groups excluding carboxylic acids is 1. The highest BCUT2D eigenvalue weighted by atomic mass is 16.6. The Kier molecular flexibility index (Phi) is 7.86. The predicted octanol–water partition coefficient (Wildman–Crippen LogP) is 2.97. The summed E-state index contributed by atoms with van der Waals surface area (Å²) in [6.45, 7) is 4.31. The Morgan fingerprint density at radius 3 is 2.69 bits per heavy atom. The molecule has 1 aliphatic heterocycles. The van der Waals surface area contributed by atoms with Crippen LogP contribution in [0.25, 0.3) is 0 Å². The second-order valence-electron chi connectivity index (χ2n) is 7.19. The first-order chi connectivity index (χ1) is 15.6. The number of aliphatic hydroxyl groups is 1. The SMILES string of the molecule is C=CC[C@]1(C(=O)NOC)N=C(c2ccc(OCCCO)cc2)O[C@H]1c1cccc(OC)c1. The van der Waals surface area contributed by atoms with Crippen molar-refractivity contribution in [3.63, 3.8) is 0 Å². The van der Waals surface area contributed by atoms with Crippen molar-refractivity contribution in [2.75, 3.05) is 27.4 Å². The third kappa shape index (κ3) is 4.92. The van der Waals surface area contributed by atoms with Gasteiger partial charge in [0, 0.05) is 25.0 Å². The van der Waals surface area contributed by atoms with Gasteiger partial charge in [0.1, 0.15) is 11.5 Å². The van der Waals surface area contributed by atoms with Crippen LogP contribution < -0.4 is 15.0 Å². The Hall–Kier alpha value is -3.36. The molecule has 0 aliphatic carbocycles. The van der Waals surface area contributed by atoms with Crippen LogP contribution in [0, 0.1) is 0 Å². The molecule has 2 aromatic carbocycles. The number of rotatable bonds is 11. The molecule has 0 bridgehead atoms. The quantitative estimate of drug-likeness (QED) is 0.317. The maximum atomic E-state index is 13.1. The van der Waals surface area contributed by atoms with Crippen LogP contribution in [0.3, 0.4) is 0 Å². The fourth-order valence-electron chi connectivity index (χ4n) is 3.52. The van der Waals surface area contributed by atoms with E-state index in [0.717, 1.165) is 5.56 Å². The van der Waals surface area contributed by atoms with E-state index >= 15 is 0 Å². The Morgan fingerprint density at radius 1 is 1.25 bits per heavy atom. The van der Waals surface area contributed by atoms with E-state index in [2.05, 4.69) is 12.1 Å². The van der Waals surface area contributed by atoms with Crippen molar-refractivity contribution in [1.82, 2.24) is 5.48 Å². The highest BCUT2D eigenvalue weighted by molar-refractivity contribution is 6.00. The van der Waals surface area contributed by atoms with Crippen molar-refractivity contribution < 1.29 is 28.9 Å². The minimum absolute atomic E-state index is 0.0727. The Labute approximate surface area is 187 Å². The molecule has 2 atom stereocenters. The summed E-state index contributed by atoms with van der Waals surface area (Å²) in [5.41, 5.74) is 2.53. The van der Waals surface area contributed by atoms with Crippen molar-refractivity contribution in [2.24, 2.45) is 4.99 Å². The van der Waals surface area contributed by atoms with E-state index in [-0.39, 0.29) is 13.0 Å². The van der Waals surface area contributed by atoms with Gasteiger partial charge in [-0.1, -0.05) is 18.2 Å². The van der Waals surface area contributed by atoms with Crippen LogP contribution in [0.4, 0.5) is 0 Å². The molecule has 8 heteroatoms. The molecule has 0 aromatic heterocycles. The molecule has 1 amide bonds. The molecule has 0 saturated carbocycles. The van der Waals surface area contributed by atoms with Crippen molar-refractivity contribution in [1.29, 1.82) is 0 Å². The monoisotopic (exact) mass is 440 g/mol. The minimum atomic E-state index is -1.31. The van der Waals surface area contributed by atoms with Gasteiger partial charge in [-0.2, -0.15) is 0 Å². The third-order valence-electron chi connectivity index (χ3n) is 5.08.